The molecular formula is C20H20N6O2S. The molecule has 0 bridgehead atoms. The van der Waals surface area contributed by atoms with E-state index in [1.165, 1.54) is 7.11 Å². The van der Waals surface area contributed by atoms with Gasteiger partial charge >= 0.3 is 5.97 Å². The van der Waals surface area contributed by atoms with Gasteiger partial charge < -0.3 is 13.7 Å². The maximum atomic E-state index is 12.0. The summed E-state index contributed by atoms with van der Waals surface area (Å²) in [4.78, 5) is 20.6. The zero-order valence-corrected chi connectivity index (χ0v) is 17.0. The van der Waals surface area contributed by atoms with Gasteiger partial charge in [0.25, 0.3) is 0 Å². The number of carbonyl (C=O) groups is 1. The Morgan fingerprint density at radius 2 is 2.03 bits per heavy atom. The van der Waals surface area contributed by atoms with Crippen molar-refractivity contribution >= 4 is 23.4 Å². The third-order valence-corrected chi connectivity index (χ3v) is 5.39. The van der Waals surface area contributed by atoms with Crippen LogP contribution >= 0.6 is 11.8 Å². The molecule has 0 fully saturated rings. The van der Waals surface area contributed by atoms with E-state index in [-0.39, 0.29) is 0 Å². The fourth-order valence-electron chi connectivity index (χ4n) is 3.08. The van der Waals surface area contributed by atoms with E-state index in [1.54, 1.807) is 36.3 Å². The lowest BCUT2D eigenvalue weighted by Crippen LogP contribution is -2.03. The van der Waals surface area contributed by atoms with Gasteiger partial charge in [-0.15, -0.1) is 10.2 Å². The van der Waals surface area contributed by atoms with E-state index in [1.807, 2.05) is 28.9 Å². The number of pyridine rings is 2. The Morgan fingerprint density at radius 1 is 1.21 bits per heavy atom. The van der Waals surface area contributed by atoms with E-state index in [0.717, 1.165) is 35.2 Å². The monoisotopic (exact) mass is 408 g/mol. The molecule has 0 saturated heterocycles. The van der Waals surface area contributed by atoms with Crippen LogP contribution in [-0.4, -0.2) is 42.2 Å². The van der Waals surface area contributed by atoms with Crippen LogP contribution in [0.4, 0.5) is 0 Å². The van der Waals surface area contributed by atoms with Gasteiger partial charge in [-0.2, -0.15) is 0 Å². The van der Waals surface area contributed by atoms with Gasteiger partial charge in [0.2, 0.25) is 0 Å². The Morgan fingerprint density at radius 3 is 2.79 bits per heavy atom. The minimum Gasteiger partial charge on any atom is -0.465 e. The second-order valence-electron chi connectivity index (χ2n) is 6.36. The van der Waals surface area contributed by atoms with Gasteiger partial charge in [0.15, 0.2) is 16.6 Å². The fourth-order valence-corrected chi connectivity index (χ4v) is 3.92. The molecule has 0 N–H and O–H groups in total. The Balaban J connectivity index is 1.59. The van der Waals surface area contributed by atoms with Gasteiger partial charge in [0, 0.05) is 42.6 Å². The summed E-state index contributed by atoms with van der Waals surface area (Å²) in [5, 5.41) is 9.61. The number of hydrogen-bond donors (Lipinski definition) is 0. The highest BCUT2D eigenvalue weighted by atomic mass is 32.2. The maximum absolute atomic E-state index is 12.0. The van der Waals surface area contributed by atoms with Crippen molar-refractivity contribution in [3.05, 3.63) is 60.3 Å². The van der Waals surface area contributed by atoms with Crippen molar-refractivity contribution in [2.75, 3.05) is 7.11 Å². The van der Waals surface area contributed by atoms with Gasteiger partial charge in [-0.05, 0) is 30.7 Å². The molecular weight excluding hydrogens is 388 g/mol. The normalized spacial score (nSPS) is 11.1. The second-order valence-corrected chi connectivity index (χ2v) is 7.30. The van der Waals surface area contributed by atoms with Gasteiger partial charge in [-0.1, -0.05) is 18.7 Å². The van der Waals surface area contributed by atoms with Crippen LogP contribution in [-0.2, 0) is 17.0 Å². The van der Waals surface area contributed by atoms with Gasteiger partial charge in [0.05, 0.1) is 12.8 Å². The highest BCUT2D eigenvalue weighted by Gasteiger charge is 2.16. The first-order chi connectivity index (χ1) is 14.2. The van der Waals surface area contributed by atoms with Crippen LogP contribution in [0, 0.1) is 0 Å². The molecule has 0 radical (unpaired) electrons. The molecule has 0 spiro atoms. The van der Waals surface area contributed by atoms with Crippen LogP contribution in [0.1, 0.15) is 29.4 Å². The van der Waals surface area contributed by atoms with Crippen molar-refractivity contribution in [3.63, 3.8) is 0 Å². The van der Waals surface area contributed by atoms with Crippen molar-refractivity contribution < 1.29 is 9.53 Å². The van der Waals surface area contributed by atoms with Crippen LogP contribution in [0.3, 0.4) is 0 Å². The van der Waals surface area contributed by atoms with Gasteiger partial charge in [0.1, 0.15) is 5.56 Å². The smallest absolute Gasteiger partial charge is 0.341 e. The highest BCUT2D eigenvalue weighted by molar-refractivity contribution is 7.98. The zero-order chi connectivity index (χ0) is 20.2. The Hall–Kier alpha value is -3.20. The topological polar surface area (TPSA) is 87.2 Å². The molecule has 4 rings (SSSR count). The quantitative estimate of drug-likeness (QED) is 0.342. The summed E-state index contributed by atoms with van der Waals surface area (Å²) in [7, 11) is 1.37. The Labute approximate surface area is 172 Å². The number of methoxy groups -OCH3 is 1. The zero-order valence-electron chi connectivity index (χ0n) is 16.1. The van der Waals surface area contributed by atoms with E-state index < -0.39 is 5.97 Å². The van der Waals surface area contributed by atoms with Gasteiger partial charge in [-0.3, -0.25) is 4.98 Å². The number of aromatic nitrogens is 6. The fraction of sp³-hybridized carbons (Fsp3) is 0.250. The molecule has 148 valence electrons. The Kier molecular flexibility index (Phi) is 5.57. The lowest BCUT2D eigenvalue weighted by Gasteiger charge is -2.08. The standard InChI is InChI=1S/C20H20N6O2S/c1-3-10-26-17(14-6-8-21-9-7-14)23-24-20(26)29-13-15-12-25-11-4-5-16(18(25)22-15)19(27)28-2/h4-9,11-12H,3,10,13H2,1-2H3. The molecule has 0 aromatic carbocycles. The number of ether oxygens (including phenoxy) is 1. The number of imidazole rings is 1. The number of hydrogen-bond acceptors (Lipinski definition) is 7. The molecule has 0 unspecified atom stereocenters. The van der Waals surface area contributed by atoms with E-state index >= 15 is 0 Å². The minimum atomic E-state index is -0.398. The van der Waals surface area contributed by atoms with Crippen molar-refractivity contribution in [2.24, 2.45) is 0 Å². The molecule has 29 heavy (non-hydrogen) atoms. The maximum Gasteiger partial charge on any atom is 0.341 e. The lowest BCUT2D eigenvalue weighted by atomic mass is 10.2. The third kappa shape index (κ3) is 3.86. The molecule has 0 atom stereocenters. The average molecular weight is 408 g/mol. The lowest BCUT2D eigenvalue weighted by molar-refractivity contribution is 0.0602. The second kappa shape index (κ2) is 8.44. The number of carbonyl (C=O) groups excluding carboxylic acids is 1. The van der Waals surface area contributed by atoms with Crippen molar-refractivity contribution in [1.29, 1.82) is 0 Å². The summed E-state index contributed by atoms with van der Waals surface area (Å²) >= 11 is 1.57. The number of esters is 1. The number of thioether (sulfide) groups is 1. The molecule has 9 heteroatoms. The summed E-state index contributed by atoms with van der Waals surface area (Å²) < 4.78 is 8.80. The predicted molar refractivity (Wildman–Crippen MR) is 110 cm³/mol. The van der Waals surface area contributed by atoms with E-state index in [0.29, 0.717) is 17.0 Å². The van der Waals surface area contributed by atoms with Crippen LogP contribution < -0.4 is 0 Å². The molecule has 0 amide bonds. The number of fused-ring (bicyclic) bond motifs is 1. The summed E-state index contributed by atoms with van der Waals surface area (Å²) in [5.74, 6) is 1.05. The molecule has 8 nitrogen and oxygen atoms in total. The third-order valence-electron chi connectivity index (χ3n) is 4.39. The SMILES string of the molecule is CCCn1c(SCc2cn3cccc(C(=O)OC)c3n2)nnc1-c1ccncc1. The minimum absolute atomic E-state index is 0.398. The van der Waals surface area contributed by atoms with Crippen molar-refractivity contribution in [1.82, 2.24) is 29.1 Å². The summed E-state index contributed by atoms with van der Waals surface area (Å²) in [6.45, 7) is 2.95. The number of rotatable bonds is 7. The van der Waals surface area contributed by atoms with E-state index in [2.05, 4.69) is 31.7 Å². The van der Waals surface area contributed by atoms with Crippen LogP contribution in [0.25, 0.3) is 17.0 Å². The van der Waals surface area contributed by atoms with Gasteiger partial charge in [-0.25, -0.2) is 9.78 Å². The van der Waals surface area contributed by atoms with E-state index in [9.17, 15) is 4.79 Å². The summed E-state index contributed by atoms with van der Waals surface area (Å²) in [6.07, 6.45) is 8.26. The molecule has 4 heterocycles. The Bertz CT molecular complexity index is 1140. The molecule has 0 aliphatic rings. The average Bonchev–Trinajstić information content (AvgIpc) is 3.36. The number of nitrogens with zero attached hydrogens (tertiary/aromatic N) is 6. The first-order valence-electron chi connectivity index (χ1n) is 9.22. The summed E-state index contributed by atoms with van der Waals surface area (Å²) in [6, 6.07) is 7.38. The van der Waals surface area contributed by atoms with Crippen molar-refractivity contribution in [2.45, 2.75) is 30.8 Å². The van der Waals surface area contributed by atoms with Crippen LogP contribution in [0.5, 0.6) is 0 Å². The van der Waals surface area contributed by atoms with Crippen LogP contribution in [0.2, 0.25) is 0 Å². The molecule has 0 aliphatic heterocycles. The molecule has 4 aromatic heterocycles. The molecule has 4 aromatic rings. The molecule has 0 saturated carbocycles. The highest BCUT2D eigenvalue weighted by Crippen LogP contribution is 2.26. The largest absolute Gasteiger partial charge is 0.465 e. The van der Waals surface area contributed by atoms with E-state index in [4.69, 9.17) is 4.74 Å². The van der Waals surface area contributed by atoms with Crippen molar-refractivity contribution in [3.8, 4) is 11.4 Å². The first kappa shape index (κ1) is 19.1. The first-order valence-corrected chi connectivity index (χ1v) is 10.2. The predicted octanol–water partition coefficient (Wildman–Crippen LogP) is 3.48. The molecule has 0 aliphatic carbocycles. The summed E-state index contributed by atoms with van der Waals surface area (Å²) in [5.41, 5.74) is 2.87. The van der Waals surface area contributed by atoms with Crippen LogP contribution in [0.15, 0.2) is 54.2 Å².